The van der Waals surface area contributed by atoms with E-state index in [9.17, 15) is 24.2 Å². The molecule has 2 atom stereocenters. The molecular formula is C20H23F5N2OS. The number of ketones is 1. The molecule has 0 radical (unpaired) electrons. The van der Waals surface area contributed by atoms with Gasteiger partial charge in [0.2, 0.25) is 0 Å². The number of anilines is 1. The Kier molecular flexibility index (Phi) is 5.20. The zero-order valence-corrected chi connectivity index (χ0v) is 16.6. The third-order valence-corrected chi connectivity index (χ3v) is 6.35. The first kappa shape index (κ1) is 21.6. The van der Waals surface area contributed by atoms with Crippen molar-refractivity contribution in [1.29, 1.82) is 0 Å². The molecule has 3 rings (SSSR count). The lowest BCUT2D eigenvalue weighted by Crippen LogP contribution is -2.17. The summed E-state index contributed by atoms with van der Waals surface area (Å²) in [5.41, 5.74) is 1.95. The van der Waals surface area contributed by atoms with Crippen LogP contribution in [0.2, 0.25) is 0 Å². The zero-order valence-electron chi connectivity index (χ0n) is 15.8. The lowest BCUT2D eigenvalue weighted by Gasteiger charge is -2.40. The average Bonchev–Trinajstić information content (AvgIpc) is 3.08. The fraction of sp³-hybridized carbons (Fsp3) is 0.350. The third-order valence-electron chi connectivity index (χ3n) is 5.21. The number of carbonyl (C=O) groups excluding carboxylic acids is 1. The summed E-state index contributed by atoms with van der Waals surface area (Å²) in [7, 11) is -7.95. The van der Waals surface area contributed by atoms with Crippen molar-refractivity contribution in [3.05, 3.63) is 59.7 Å². The molecule has 3 nitrogen and oxygen atoms in total. The number of halogens is 5. The zero-order chi connectivity index (χ0) is 21.3. The maximum absolute atomic E-state index is 13.1. The van der Waals surface area contributed by atoms with E-state index in [1.54, 1.807) is 7.05 Å². The maximum atomic E-state index is 13.1. The Bertz CT molecular complexity index is 900. The van der Waals surface area contributed by atoms with E-state index in [0.717, 1.165) is 17.3 Å². The van der Waals surface area contributed by atoms with Gasteiger partial charge in [0.1, 0.15) is 10.7 Å². The second-order valence-corrected chi connectivity index (χ2v) is 9.84. The van der Waals surface area contributed by atoms with Gasteiger partial charge in [-0.05, 0) is 47.9 Å². The van der Waals surface area contributed by atoms with Crippen LogP contribution in [0.15, 0.2) is 53.4 Å². The minimum Gasteiger partial charge on any atom is -0.388 e. The van der Waals surface area contributed by atoms with Gasteiger partial charge in [-0.1, -0.05) is 43.7 Å². The number of hydrogen-bond donors (Lipinski definition) is 2. The highest BCUT2D eigenvalue weighted by atomic mass is 32.5. The second-order valence-electron chi connectivity index (χ2n) is 7.43. The van der Waals surface area contributed by atoms with Crippen molar-refractivity contribution in [2.75, 3.05) is 25.5 Å². The summed E-state index contributed by atoms with van der Waals surface area (Å²) < 4.78 is 65.7. The minimum absolute atomic E-state index is 0.0372. The predicted molar refractivity (Wildman–Crippen MR) is 106 cm³/mol. The number of rotatable bonds is 7. The molecule has 1 aliphatic heterocycles. The van der Waals surface area contributed by atoms with Gasteiger partial charge in [0.05, 0.1) is 0 Å². The van der Waals surface area contributed by atoms with Gasteiger partial charge in [0, 0.05) is 38.0 Å². The van der Waals surface area contributed by atoms with Crippen molar-refractivity contribution in [3.8, 4) is 0 Å². The molecule has 2 aromatic carbocycles. The first-order valence-corrected chi connectivity index (χ1v) is 11.1. The molecular weight excluding hydrogens is 411 g/mol. The van der Waals surface area contributed by atoms with Crippen LogP contribution in [-0.4, -0.2) is 25.9 Å². The van der Waals surface area contributed by atoms with E-state index in [2.05, 4.69) is 10.6 Å². The highest BCUT2D eigenvalue weighted by Gasteiger charge is 2.65. The second kappa shape index (κ2) is 6.98. The Hall–Kier alpha value is -2.13. The van der Waals surface area contributed by atoms with Crippen molar-refractivity contribution in [1.82, 2.24) is 5.32 Å². The van der Waals surface area contributed by atoms with E-state index in [4.69, 9.17) is 0 Å². The molecule has 2 N–H and O–H groups in total. The van der Waals surface area contributed by atoms with Crippen molar-refractivity contribution in [2.24, 2.45) is 5.92 Å². The minimum atomic E-state index is -9.74. The van der Waals surface area contributed by atoms with Crippen molar-refractivity contribution < 1.29 is 24.2 Å². The Balaban J connectivity index is 1.72. The van der Waals surface area contributed by atoms with E-state index in [1.165, 1.54) is 6.07 Å². The number of benzene rings is 2. The van der Waals surface area contributed by atoms with Gasteiger partial charge >= 0.3 is 10.2 Å². The first-order chi connectivity index (χ1) is 13.4. The summed E-state index contributed by atoms with van der Waals surface area (Å²) in [4.78, 5) is 10.6. The monoisotopic (exact) mass is 434 g/mol. The number of nitrogens with one attached hydrogen (secondary N) is 2. The number of carbonyl (C=O) groups is 1. The molecule has 0 aromatic heterocycles. The summed E-state index contributed by atoms with van der Waals surface area (Å²) >= 11 is 0. The fourth-order valence-corrected chi connectivity index (χ4v) is 4.40. The van der Waals surface area contributed by atoms with Crippen LogP contribution in [0.4, 0.5) is 25.1 Å². The van der Waals surface area contributed by atoms with E-state index in [0.29, 0.717) is 25.2 Å². The lowest BCUT2D eigenvalue weighted by atomic mass is 9.85. The van der Waals surface area contributed by atoms with E-state index in [-0.39, 0.29) is 30.1 Å². The van der Waals surface area contributed by atoms with Gasteiger partial charge in [0.15, 0.2) is 0 Å². The molecule has 0 spiro atoms. The normalized spacial score (nSPS) is 22.0. The van der Waals surface area contributed by atoms with Gasteiger partial charge < -0.3 is 10.6 Å². The topological polar surface area (TPSA) is 41.1 Å². The van der Waals surface area contributed by atoms with Crippen LogP contribution in [0.1, 0.15) is 23.5 Å². The smallest absolute Gasteiger partial charge is 0.310 e. The van der Waals surface area contributed by atoms with Crippen LogP contribution < -0.4 is 10.6 Å². The Morgan fingerprint density at radius 3 is 2.38 bits per heavy atom. The van der Waals surface area contributed by atoms with Crippen molar-refractivity contribution in [3.63, 3.8) is 0 Å². The summed E-state index contributed by atoms with van der Waals surface area (Å²) in [5.74, 6) is -0.705. The Morgan fingerprint density at radius 2 is 1.76 bits per heavy atom. The molecule has 9 heteroatoms. The summed E-state index contributed by atoms with van der Waals surface area (Å²) in [5, 5.41) is 6.05. The van der Waals surface area contributed by atoms with E-state index < -0.39 is 21.0 Å². The largest absolute Gasteiger partial charge is 0.388 e. The van der Waals surface area contributed by atoms with Gasteiger partial charge in [-0.2, -0.15) is 0 Å². The standard InChI is InChI=1S/C20H23F5N2OS/c1-26-17-7-5-14(6-8-17)9-18(28)10-16-12-27-13-20(16)15-3-2-4-19(11-15)29(21,22,23,24)25/h2-8,11,16,20,26-27H,9-10,12-13H2,1H3/t16-,20+/m1/s1. The summed E-state index contributed by atoms with van der Waals surface area (Å²) in [6.07, 6.45) is 0.394. The molecule has 1 aliphatic rings. The number of Topliss-reactive ketones (excluding diaryl/α,β-unsaturated/α-hetero) is 1. The third kappa shape index (κ3) is 5.48. The van der Waals surface area contributed by atoms with Crippen LogP contribution in [0, 0.1) is 5.92 Å². The maximum Gasteiger partial charge on any atom is 0.310 e. The molecule has 0 saturated carbocycles. The molecule has 0 aliphatic carbocycles. The van der Waals surface area contributed by atoms with Gasteiger partial charge in [0.25, 0.3) is 0 Å². The van der Waals surface area contributed by atoms with Crippen molar-refractivity contribution >= 4 is 21.7 Å². The molecule has 0 unspecified atom stereocenters. The fourth-order valence-electron chi connectivity index (χ4n) is 3.70. The molecule has 160 valence electrons. The molecule has 29 heavy (non-hydrogen) atoms. The van der Waals surface area contributed by atoms with Gasteiger partial charge in [-0.15, -0.1) is 0 Å². The van der Waals surface area contributed by atoms with Gasteiger partial charge in [-0.25, -0.2) is 0 Å². The Labute approximate surface area is 166 Å². The highest BCUT2D eigenvalue weighted by molar-refractivity contribution is 8.45. The quantitative estimate of drug-likeness (QED) is 0.534. The van der Waals surface area contributed by atoms with Crippen molar-refractivity contribution in [2.45, 2.75) is 23.7 Å². The average molecular weight is 434 g/mol. The molecule has 1 saturated heterocycles. The van der Waals surface area contributed by atoms with Gasteiger partial charge in [-0.3, -0.25) is 4.79 Å². The molecule has 2 aromatic rings. The van der Waals surface area contributed by atoms with Crippen LogP contribution in [0.3, 0.4) is 0 Å². The predicted octanol–water partition coefficient (Wildman–Crippen LogP) is 5.89. The summed E-state index contributed by atoms with van der Waals surface area (Å²) in [6, 6.07) is 10.7. The van der Waals surface area contributed by atoms with Crippen LogP contribution in [-0.2, 0) is 11.2 Å². The van der Waals surface area contributed by atoms with Crippen LogP contribution >= 0.6 is 10.2 Å². The Morgan fingerprint density at radius 1 is 1.07 bits per heavy atom. The molecule has 1 fully saturated rings. The van der Waals surface area contributed by atoms with Crippen LogP contribution in [0.5, 0.6) is 0 Å². The molecule has 0 bridgehead atoms. The highest BCUT2D eigenvalue weighted by Crippen LogP contribution is 3.02. The molecule has 0 amide bonds. The number of hydrogen-bond acceptors (Lipinski definition) is 3. The lowest BCUT2D eigenvalue weighted by molar-refractivity contribution is -0.119. The first-order valence-electron chi connectivity index (χ1n) is 9.19. The van der Waals surface area contributed by atoms with E-state index >= 15 is 0 Å². The van der Waals surface area contributed by atoms with Crippen LogP contribution in [0.25, 0.3) is 0 Å². The molecule has 1 heterocycles. The summed E-state index contributed by atoms with van der Waals surface area (Å²) in [6.45, 7) is 0.800. The van der Waals surface area contributed by atoms with E-state index in [1.807, 2.05) is 24.3 Å². The SMILES string of the molecule is CNc1ccc(CC(=O)C[C@@H]2CNC[C@H]2c2cccc(S(F)(F)(F)(F)F)c2)cc1.